The molecule has 15 aromatic rings. The second kappa shape index (κ2) is 24.1. The molecular weight excluding hydrogens is 1220 g/mol. The van der Waals surface area contributed by atoms with E-state index in [0.29, 0.717) is 0 Å². The lowest BCUT2D eigenvalue weighted by Crippen LogP contribution is -2.26. The average molecular weight is 1310 g/mol. The molecule has 0 aliphatic heterocycles. The summed E-state index contributed by atoms with van der Waals surface area (Å²) in [5.74, 6) is 0. The molecule has 494 valence electrons. The van der Waals surface area contributed by atoms with Gasteiger partial charge < -0.3 is 4.42 Å². The number of unbranched alkanes of at least 4 members (excludes halogenated alkanes) is 10. The van der Waals surface area contributed by atoms with E-state index in [1.165, 1.54) is 255 Å². The number of fused-ring (bicyclic) bond motifs is 23. The van der Waals surface area contributed by atoms with Gasteiger partial charge in [-0.25, -0.2) is 0 Å². The van der Waals surface area contributed by atoms with Crippen molar-refractivity contribution >= 4 is 65.0 Å². The Kier molecular flexibility index (Phi) is 14.8. The summed E-state index contributed by atoms with van der Waals surface area (Å²) in [6.07, 6.45) is 18.8. The van der Waals surface area contributed by atoms with Crippen LogP contribution in [0.15, 0.2) is 247 Å². The predicted octanol–water partition coefficient (Wildman–Crippen LogP) is 28.8. The molecular formula is C100H88O. The SMILES string of the molecule is CCCCCCCCC1(CCCCCCCC)c2cc3c(cc2-c2cc4c(cc21)-c1c(cc(-c2ccc(-c5ccc6c(c5)oc5ccc7ccccc7c56)cc2)c2ccccc12)C4(C)C)C(C)(C)c1cc(-c2ccc(-c4ccc5c(c4)Cc4ccc6ccccc6c4-5)cc2)c2ccccc2c1-3. The highest BCUT2D eigenvalue weighted by atomic mass is 16.3. The van der Waals surface area contributed by atoms with Gasteiger partial charge in [-0.2, -0.15) is 0 Å². The molecule has 1 heteroatoms. The molecule has 1 nitrogen and oxygen atoms in total. The summed E-state index contributed by atoms with van der Waals surface area (Å²) in [7, 11) is 0. The molecule has 14 aromatic carbocycles. The third kappa shape index (κ3) is 9.68. The van der Waals surface area contributed by atoms with Crippen molar-refractivity contribution < 1.29 is 4.42 Å². The molecule has 0 saturated carbocycles. The van der Waals surface area contributed by atoms with Gasteiger partial charge in [0, 0.05) is 27.0 Å². The Morgan fingerprint density at radius 2 is 0.713 bits per heavy atom. The molecule has 4 aliphatic rings. The van der Waals surface area contributed by atoms with Crippen LogP contribution in [-0.4, -0.2) is 0 Å². The molecule has 0 atom stereocenters. The van der Waals surface area contributed by atoms with E-state index >= 15 is 0 Å². The van der Waals surface area contributed by atoms with E-state index < -0.39 is 0 Å². The zero-order chi connectivity index (χ0) is 67.9. The summed E-state index contributed by atoms with van der Waals surface area (Å²) >= 11 is 0. The first-order valence-electron chi connectivity index (χ1n) is 38.2. The highest BCUT2D eigenvalue weighted by molar-refractivity contribution is 6.19. The predicted molar refractivity (Wildman–Crippen MR) is 431 cm³/mol. The summed E-state index contributed by atoms with van der Waals surface area (Å²) in [5.41, 5.74) is 34.6. The van der Waals surface area contributed by atoms with Crippen LogP contribution in [0.25, 0.3) is 154 Å². The van der Waals surface area contributed by atoms with Gasteiger partial charge in [0.2, 0.25) is 0 Å². The van der Waals surface area contributed by atoms with Gasteiger partial charge in [-0.3, -0.25) is 0 Å². The van der Waals surface area contributed by atoms with Gasteiger partial charge in [0.15, 0.2) is 0 Å². The van der Waals surface area contributed by atoms with E-state index in [1.807, 2.05) is 0 Å². The fourth-order valence-corrected chi connectivity index (χ4v) is 19.8. The molecule has 0 bridgehead atoms. The van der Waals surface area contributed by atoms with Crippen molar-refractivity contribution in [2.24, 2.45) is 0 Å². The van der Waals surface area contributed by atoms with Gasteiger partial charge in [-0.05, 0) is 250 Å². The van der Waals surface area contributed by atoms with Crippen LogP contribution in [0.5, 0.6) is 0 Å². The topological polar surface area (TPSA) is 13.1 Å². The van der Waals surface area contributed by atoms with Crippen LogP contribution >= 0.6 is 0 Å². The number of hydrogen-bond acceptors (Lipinski definition) is 1. The van der Waals surface area contributed by atoms with Gasteiger partial charge in [0.05, 0.1) is 0 Å². The van der Waals surface area contributed by atoms with E-state index in [-0.39, 0.29) is 16.2 Å². The second-order valence-electron chi connectivity index (χ2n) is 31.5. The number of benzene rings is 14. The van der Waals surface area contributed by atoms with Crippen LogP contribution in [-0.2, 0) is 22.7 Å². The summed E-state index contributed by atoms with van der Waals surface area (Å²) < 4.78 is 6.57. The highest BCUT2D eigenvalue weighted by Crippen LogP contribution is 2.64. The highest BCUT2D eigenvalue weighted by Gasteiger charge is 2.49. The Labute approximate surface area is 596 Å². The summed E-state index contributed by atoms with van der Waals surface area (Å²) in [5, 5.41) is 12.8. The van der Waals surface area contributed by atoms with Crippen molar-refractivity contribution in [2.45, 2.75) is 154 Å². The molecule has 0 amide bonds. The molecule has 19 rings (SSSR count). The van der Waals surface area contributed by atoms with Crippen molar-refractivity contribution in [1.82, 2.24) is 0 Å². The summed E-state index contributed by atoms with van der Waals surface area (Å²) in [4.78, 5) is 0. The normalized spacial score (nSPS) is 14.6. The maximum Gasteiger partial charge on any atom is 0.136 e. The average Bonchev–Trinajstić information content (AvgIpc) is 1.52. The van der Waals surface area contributed by atoms with E-state index in [9.17, 15) is 0 Å². The minimum atomic E-state index is -0.251. The Bertz CT molecular complexity index is 5860. The van der Waals surface area contributed by atoms with Crippen molar-refractivity contribution in [1.29, 1.82) is 0 Å². The number of rotatable bonds is 18. The number of furan rings is 1. The van der Waals surface area contributed by atoms with Gasteiger partial charge >= 0.3 is 0 Å². The summed E-state index contributed by atoms with van der Waals surface area (Å²) in [6, 6.07) is 94.2. The lowest BCUT2D eigenvalue weighted by atomic mass is 9.69. The van der Waals surface area contributed by atoms with E-state index in [4.69, 9.17) is 4.42 Å². The van der Waals surface area contributed by atoms with Crippen LogP contribution in [0.3, 0.4) is 0 Å². The molecule has 101 heavy (non-hydrogen) atoms. The summed E-state index contributed by atoms with van der Waals surface area (Å²) in [6.45, 7) is 14.8. The Balaban J connectivity index is 0.712. The van der Waals surface area contributed by atoms with Crippen LogP contribution in [0.4, 0.5) is 0 Å². The zero-order valence-electron chi connectivity index (χ0n) is 59.6. The van der Waals surface area contributed by atoms with Gasteiger partial charge in [0.25, 0.3) is 0 Å². The van der Waals surface area contributed by atoms with Crippen molar-refractivity contribution in [3.8, 4) is 89.0 Å². The van der Waals surface area contributed by atoms with Crippen molar-refractivity contribution in [3.63, 3.8) is 0 Å². The van der Waals surface area contributed by atoms with Gasteiger partial charge in [-0.15, -0.1) is 0 Å². The van der Waals surface area contributed by atoms with Crippen molar-refractivity contribution in [3.05, 3.63) is 287 Å². The van der Waals surface area contributed by atoms with E-state index in [0.717, 1.165) is 28.5 Å². The second-order valence-corrected chi connectivity index (χ2v) is 31.5. The monoisotopic (exact) mass is 1300 g/mol. The minimum absolute atomic E-state index is 0.125. The first-order valence-corrected chi connectivity index (χ1v) is 38.2. The van der Waals surface area contributed by atoms with Crippen LogP contribution < -0.4 is 0 Å². The Morgan fingerprint density at radius 1 is 0.277 bits per heavy atom. The molecule has 1 aromatic heterocycles. The molecule has 0 N–H and O–H groups in total. The van der Waals surface area contributed by atoms with Gasteiger partial charge in [0.1, 0.15) is 11.2 Å². The fraction of sp³-hybridized carbons (Fsp3) is 0.240. The zero-order valence-corrected chi connectivity index (χ0v) is 59.6. The lowest BCUT2D eigenvalue weighted by molar-refractivity contribution is 0.398. The fourth-order valence-electron chi connectivity index (χ4n) is 19.8. The third-order valence-electron chi connectivity index (χ3n) is 25.1. The minimum Gasteiger partial charge on any atom is -0.456 e. The molecule has 4 aliphatic carbocycles. The Hall–Kier alpha value is -10.1. The molecule has 0 fully saturated rings. The van der Waals surface area contributed by atoms with Crippen molar-refractivity contribution in [2.75, 3.05) is 0 Å². The molecule has 0 unspecified atom stereocenters. The van der Waals surface area contributed by atoms with Crippen LogP contribution in [0.1, 0.15) is 176 Å². The largest absolute Gasteiger partial charge is 0.456 e. The molecule has 0 saturated heterocycles. The smallest absolute Gasteiger partial charge is 0.136 e. The Morgan fingerprint density at radius 3 is 1.28 bits per heavy atom. The maximum atomic E-state index is 6.57. The van der Waals surface area contributed by atoms with Crippen LogP contribution in [0, 0.1) is 0 Å². The number of hydrogen-bond donors (Lipinski definition) is 0. The van der Waals surface area contributed by atoms with E-state index in [1.54, 1.807) is 11.1 Å². The third-order valence-corrected chi connectivity index (χ3v) is 25.1. The van der Waals surface area contributed by atoms with Crippen LogP contribution in [0.2, 0.25) is 0 Å². The first kappa shape index (κ1) is 62.0. The maximum absolute atomic E-state index is 6.57. The molecule has 0 radical (unpaired) electrons. The van der Waals surface area contributed by atoms with E-state index in [2.05, 4.69) is 284 Å². The lowest BCUT2D eigenvalue weighted by Gasteiger charge is -2.34. The standard InChI is InChI=1S/C100H88O/c1-7-9-11-13-15-25-51-100(52-26-16-14-12-10-8-2)88-60-84-86(98(3,4)90-56-80(75-31-21-23-33-77(75)95(84)90)66-39-35-62(36-40-66)68-45-48-74-71(53-68)54-70-44-43-64-27-17-19-29-72(64)94(70)74)58-82(88)83-59-87-85(61-89(83)100)96-78-34-24-22-32-76(78)81(57-91(96)99(87,5)6)67-41-37-63(38-42-67)69-46-49-79-93(55-69)101-92-50-47-65-28-18-20-30-73(65)97(79)92/h17-24,27-50,53,55-61H,7-16,25-26,51-52,54H2,1-6H3. The first-order chi connectivity index (χ1) is 49.5. The molecule has 1 heterocycles. The van der Waals surface area contributed by atoms with Gasteiger partial charge in [-0.1, -0.05) is 307 Å². The quantitative estimate of drug-likeness (QED) is 0.0781. The molecule has 0 spiro atoms.